The van der Waals surface area contributed by atoms with Crippen LogP contribution in [0.2, 0.25) is 0 Å². The Kier molecular flexibility index (Phi) is 5.85. The summed E-state index contributed by atoms with van der Waals surface area (Å²) in [6.07, 6.45) is 2.97. The molecule has 0 saturated carbocycles. The van der Waals surface area contributed by atoms with E-state index in [9.17, 15) is 9.59 Å². The SMILES string of the molecule is CCCSc1nc2c(c(=O)[nH]1)[C@@H](c1cc(OC)ccc1OC)C1=C(CCCC1=O)N2. The van der Waals surface area contributed by atoms with E-state index in [4.69, 9.17) is 9.47 Å². The number of hydrogen-bond donors (Lipinski definition) is 2. The summed E-state index contributed by atoms with van der Waals surface area (Å²) >= 11 is 1.51. The second-order valence-corrected chi connectivity index (χ2v) is 8.40. The second kappa shape index (κ2) is 8.55. The largest absolute Gasteiger partial charge is 0.497 e. The number of carbonyl (C=O) groups excluding carboxylic acids is 1. The minimum absolute atomic E-state index is 0.0492. The molecule has 1 atom stereocenters. The maximum absolute atomic E-state index is 13.2. The van der Waals surface area contributed by atoms with Crippen LogP contribution in [0.5, 0.6) is 11.5 Å². The summed E-state index contributed by atoms with van der Waals surface area (Å²) < 4.78 is 11.0. The van der Waals surface area contributed by atoms with Crippen molar-refractivity contribution < 1.29 is 14.3 Å². The average Bonchev–Trinajstić information content (AvgIpc) is 2.76. The number of carbonyl (C=O) groups is 1. The van der Waals surface area contributed by atoms with E-state index in [0.29, 0.717) is 40.0 Å². The zero-order valence-corrected chi connectivity index (χ0v) is 18.1. The first-order chi connectivity index (χ1) is 14.6. The van der Waals surface area contributed by atoms with Crippen LogP contribution in [0.1, 0.15) is 49.7 Å². The van der Waals surface area contributed by atoms with Crippen molar-refractivity contribution in [2.24, 2.45) is 0 Å². The number of fused-ring (bicyclic) bond motifs is 1. The molecule has 1 aromatic carbocycles. The number of aromatic amines is 1. The second-order valence-electron chi connectivity index (χ2n) is 7.32. The number of H-pyrrole nitrogens is 1. The quantitative estimate of drug-likeness (QED) is 0.534. The van der Waals surface area contributed by atoms with Crippen LogP contribution in [0, 0.1) is 0 Å². The molecule has 0 radical (unpaired) electrons. The van der Waals surface area contributed by atoms with Gasteiger partial charge in [-0.1, -0.05) is 18.7 Å². The highest BCUT2D eigenvalue weighted by molar-refractivity contribution is 7.99. The number of benzene rings is 1. The van der Waals surface area contributed by atoms with E-state index in [-0.39, 0.29) is 11.3 Å². The average molecular weight is 428 g/mol. The van der Waals surface area contributed by atoms with Crippen molar-refractivity contribution in [3.05, 3.63) is 50.9 Å². The van der Waals surface area contributed by atoms with Gasteiger partial charge in [0.05, 0.1) is 25.7 Å². The van der Waals surface area contributed by atoms with Crippen molar-refractivity contribution >= 4 is 23.4 Å². The molecule has 2 heterocycles. The summed E-state index contributed by atoms with van der Waals surface area (Å²) in [5.74, 6) is 2.10. The first-order valence-electron chi connectivity index (χ1n) is 10.1. The molecule has 0 bridgehead atoms. The third-order valence-corrected chi connectivity index (χ3v) is 6.51. The van der Waals surface area contributed by atoms with Crippen LogP contribution >= 0.6 is 11.8 Å². The number of hydrogen-bond acceptors (Lipinski definition) is 7. The van der Waals surface area contributed by atoms with Gasteiger partial charge in [-0.25, -0.2) is 4.98 Å². The number of aromatic nitrogens is 2. The fraction of sp³-hybridized carbons (Fsp3) is 0.409. The lowest BCUT2D eigenvalue weighted by Crippen LogP contribution is -2.33. The van der Waals surface area contributed by atoms with Gasteiger partial charge >= 0.3 is 0 Å². The Morgan fingerprint density at radius 2 is 2.03 bits per heavy atom. The Bertz CT molecular complexity index is 1080. The molecule has 1 aliphatic carbocycles. The predicted octanol–water partition coefficient (Wildman–Crippen LogP) is 3.85. The zero-order chi connectivity index (χ0) is 21.3. The molecular formula is C22H25N3O4S. The minimum Gasteiger partial charge on any atom is -0.497 e. The molecule has 2 aliphatic rings. The highest BCUT2D eigenvalue weighted by atomic mass is 32.2. The van der Waals surface area contributed by atoms with Crippen LogP contribution < -0.4 is 20.3 Å². The first kappa shape index (κ1) is 20.5. The number of ketones is 1. The van der Waals surface area contributed by atoms with Crippen molar-refractivity contribution in [3.8, 4) is 11.5 Å². The van der Waals surface area contributed by atoms with Gasteiger partial charge in [-0.2, -0.15) is 0 Å². The molecule has 0 fully saturated rings. The van der Waals surface area contributed by atoms with Gasteiger partial charge in [0.2, 0.25) is 0 Å². The van der Waals surface area contributed by atoms with Gasteiger partial charge in [0, 0.05) is 29.0 Å². The van der Waals surface area contributed by atoms with Gasteiger partial charge in [0.1, 0.15) is 17.3 Å². The molecule has 0 spiro atoms. The Morgan fingerprint density at radius 1 is 1.20 bits per heavy atom. The van der Waals surface area contributed by atoms with E-state index in [2.05, 4.69) is 22.2 Å². The number of allylic oxidation sites excluding steroid dienone is 2. The molecule has 2 aromatic rings. The minimum atomic E-state index is -0.560. The number of nitrogens with one attached hydrogen (secondary N) is 2. The fourth-order valence-corrected chi connectivity index (χ4v) is 4.80. The lowest BCUT2D eigenvalue weighted by atomic mass is 9.76. The predicted molar refractivity (Wildman–Crippen MR) is 117 cm³/mol. The molecule has 1 aromatic heterocycles. The van der Waals surface area contributed by atoms with Crippen molar-refractivity contribution in [3.63, 3.8) is 0 Å². The number of Topliss-reactive ketones (excluding diaryl/α,β-unsaturated/α-hetero) is 1. The normalized spacial score (nSPS) is 17.8. The van der Waals surface area contributed by atoms with Crippen LogP contribution in [-0.2, 0) is 4.79 Å². The number of rotatable bonds is 6. The molecule has 1 aliphatic heterocycles. The monoisotopic (exact) mass is 427 g/mol. The van der Waals surface area contributed by atoms with Crippen LogP contribution in [-0.4, -0.2) is 35.7 Å². The van der Waals surface area contributed by atoms with Crippen LogP contribution in [0.4, 0.5) is 5.82 Å². The van der Waals surface area contributed by atoms with Crippen molar-refractivity contribution in [2.45, 2.75) is 43.7 Å². The van der Waals surface area contributed by atoms with Gasteiger partial charge < -0.3 is 19.8 Å². The fourth-order valence-electron chi connectivity index (χ4n) is 4.08. The van der Waals surface area contributed by atoms with E-state index in [0.717, 1.165) is 36.3 Å². The molecule has 30 heavy (non-hydrogen) atoms. The summed E-state index contributed by atoms with van der Waals surface area (Å²) in [5.41, 5.74) is 2.39. The molecule has 4 rings (SSSR count). The molecule has 158 valence electrons. The maximum Gasteiger partial charge on any atom is 0.257 e. The van der Waals surface area contributed by atoms with Gasteiger partial charge in [-0.3, -0.25) is 9.59 Å². The van der Waals surface area contributed by atoms with Gasteiger partial charge in [-0.05, 0) is 37.5 Å². The number of thioether (sulfide) groups is 1. The summed E-state index contributed by atoms with van der Waals surface area (Å²) in [6, 6.07) is 5.44. The Morgan fingerprint density at radius 3 is 2.77 bits per heavy atom. The van der Waals surface area contributed by atoms with Crippen LogP contribution in [0.25, 0.3) is 0 Å². The van der Waals surface area contributed by atoms with Crippen molar-refractivity contribution in [1.82, 2.24) is 9.97 Å². The molecular weight excluding hydrogens is 402 g/mol. The summed E-state index contributed by atoms with van der Waals surface area (Å²) in [5, 5.41) is 3.87. The summed E-state index contributed by atoms with van der Waals surface area (Å²) in [6.45, 7) is 2.08. The van der Waals surface area contributed by atoms with Crippen molar-refractivity contribution in [1.29, 1.82) is 0 Å². The molecule has 0 saturated heterocycles. The Labute approximate surface area is 179 Å². The van der Waals surface area contributed by atoms with E-state index >= 15 is 0 Å². The lowest BCUT2D eigenvalue weighted by molar-refractivity contribution is -0.116. The van der Waals surface area contributed by atoms with Crippen LogP contribution in [0.3, 0.4) is 0 Å². The van der Waals surface area contributed by atoms with E-state index in [1.165, 1.54) is 11.8 Å². The van der Waals surface area contributed by atoms with Gasteiger partial charge in [0.15, 0.2) is 10.9 Å². The van der Waals surface area contributed by atoms with Crippen molar-refractivity contribution in [2.75, 3.05) is 25.3 Å². The molecule has 8 heteroatoms. The standard InChI is InChI=1S/C22H25N3O4S/c1-4-10-30-22-24-20-19(21(27)25-22)17(18-14(23-20)6-5-7-15(18)26)13-11-12(28-2)8-9-16(13)29-3/h8-9,11,17H,4-7,10H2,1-3H3,(H2,23,24,25,27)/t17-/m0/s1. The maximum atomic E-state index is 13.2. The smallest absolute Gasteiger partial charge is 0.257 e. The molecule has 0 amide bonds. The summed E-state index contributed by atoms with van der Waals surface area (Å²) in [7, 11) is 3.17. The van der Waals surface area contributed by atoms with Crippen LogP contribution in [0.15, 0.2) is 39.4 Å². The van der Waals surface area contributed by atoms with Gasteiger partial charge in [-0.15, -0.1) is 0 Å². The first-order valence-corrected chi connectivity index (χ1v) is 11.1. The number of anilines is 1. The third-order valence-electron chi connectivity index (χ3n) is 5.43. The Hall–Kier alpha value is -2.74. The summed E-state index contributed by atoms with van der Waals surface area (Å²) in [4.78, 5) is 33.8. The molecule has 2 N–H and O–H groups in total. The molecule has 0 unspecified atom stereocenters. The number of methoxy groups -OCH3 is 2. The van der Waals surface area contributed by atoms with Gasteiger partial charge in [0.25, 0.3) is 5.56 Å². The third kappa shape index (κ3) is 3.60. The lowest BCUT2D eigenvalue weighted by Gasteiger charge is -2.33. The van der Waals surface area contributed by atoms with E-state index in [1.54, 1.807) is 26.4 Å². The highest BCUT2D eigenvalue weighted by Gasteiger charge is 2.39. The number of ether oxygens (including phenoxy) is 2. The zero-order valence-electron chi connectivity index (χ0n) is 17.3. The van der Waals surface area contributed by atoms with E-state index < -0.39 is 5.92 Å². The highest BCUT2D eigenvalue weighted by Crippen LogP contribution is 2.46. The van der Waals surface area contributed by atoms with E-state index in [1.807, 2.05) is 6.07 Å². The number of nitrogens with zero attached hydrogens (tertiary/aromatic N) is 1. The topological polar surface area (TPSA) is 93.3 Å². The molecule has 7 nitrogen and oxygen atoms in total. The Balaban J connectivity index is 1.95.